The first-order valence-corrected chi connectivity index (χ1v) is 9.83. The second-order valence-corrected chi connectivity index (χ2v) is 7.84. The predicted octanol–water partition coefficient (Wildman–Crippen LogP) is 2.28. The fourth-order valence-electron chi connectivity index (χ4n) is 4.68. The van der Waals surface area contributed by atoms with Gasteiger partial charge in [-0.05, 0) is 49.9 Å². The zero-order valence-corrected chi connectivity index (χ0v) is 15.4. The molecule has 0 aromatic carbocycles. The highest BCUT2D eigenvalue weighted by atomic mass is 15.3. The molecule has 1 saturated heterocycles. The summed E-state index contributed by atoms with van der Waals surface area (Å²) in [6.07, 6.45) is 9.59. The van der Waals surface area contributed by atoms with E-state index >= 15 is 0 Å². The summed E-state index contributed by atoms with van der Waals surface area (Å²) in [6.45, 7) is 8.61. The second-order valence-electron chi connectivity index (χ2n) is 7.84. The van der Waals surface area contributed by atoms with E-state index in [0.717, 1.165) is 37.9 Å². The molecule has 25 heavy (non-hydrogen) atoms. The Kier molecular flexibility index (Phi) is 5.06. The molecule has 136 valence electrons. The first-order valence-electron chi connectivity index (χ1n) is 9.83. The number of aromatic nitrogens is 2. The molecule has 2 N–H and O–H groups in total. The molecule has 2 aromatic heterocycles. The number of aryl methyl sites for hydroxylation is 1. The van der Waals surface area contributed by atoms with Crippen LogP contribution in [0.4, 0.5) is 0 Å². The van der Waals surface area contributed by atoms with Crippen molar-refractivity contribution in [2.45, 2.75) is 45.2 Å². The fraction of sp³-hybridized carbons (Fsp3) is 0.650. The van der Waals surface area contributed by atoms with Crippen molar-refractivity contribution in [3.05, 3.63) is 35.8 Å². The Morgan fingerprint density at radius 3 is 2.76 bits per heavy atom. The minimum absolute atomic E-state index is 0.710. The summed E-state index contributed by atoms with van der Waals surface area (Å²) in [5.74, 6) is 0.710. The van der Waals surface area contributed by atoms with Gasteiger partial charge in [0.1, 0.15) is 5.65 Å². The molecule has 3 heterocycles. The second kappa shape index (κ2) is 7.44. The summed E-state index contributed by atoms with van der Waals surface area (Å²) in [4.78, 5) is 9.85. The van der Waals surface area contributed by atoms with Gasteiger partial charge in [0.2, 0.25) is 0 Å². The predicted molar refractivity (Wildman–Crippen MR) is 102 cm³/mol. The highest BCUT2D eigenvalue weighted by Crippen LogP contribution is 2.28. The maximum absolute atomic E-state index is 6.03. The van der Waals surface area contributed by atoms with Gasteiger partial charge in [0.15, 0.2) is 0 Å². The van der Waals surface area contributed by atoms with Gasteiger partial charge in [-0.3, -0.25) is 9.80 Å². The molecule has 1 saturated carbocycles. The standard InChI is InChI=1S/C20H31N5/c1-16-6-7-25-18(14-22-20(25)12-16)15-23-8-10-24(11-9-23)19-5-3-2-4-17(19)13-21/h6-7,12,14,17,19H,2-5,8-11,13,15,21H2,1H3/t17-,19+/m0/s1. The summed E-state index contributed by atoms with van der Waals surface area (Å²) >= 11 is 0. The van der Waals surface area contributed by atoms with Gasteiger partial charge < -0.3 is 10.1 Å². The number of hydrogen-bond donors (Lipinski definition) is 1. The Hall–Kier alpha value is -1.43. The first kappa shape index (κ1) is 17.0. The first-order chi connectivity index (χ1) is 12.2. The van der Waals surface area contributed by atoms with E-state index in [4.69, 9.17) is 5.73 Å². The molecule has 5 nitrogen and oxygen atoms in total. The average Bonchev–Trinajstić information content (AvgIpc) is 3.04. The highest BCUT2D eigenvalue weighted by Gasteiger charge is 2.31. The van der Waals surface area contributed by atoms with Gasteiger partial charge >= 0.3 is 0 Å². The van der Waals surface area contributed by atoms with Crippen molar-refractivity contribution in [3.8, 4) is 0 Å². The molecule has 2 aromatic rings. The third kappa shape index (κ3) is 3.59. The maximum atomic E-state index is 6.03. The van der Waals surface area contributed by atoms with Crippen LogP contribution in [-0.4, -0.2) is 58.0 Å². The van der Waals surface area contributed by atoms with Gasteiger partial charge in [0.05, 0.1) is 11.9 Å². The fourth-order valence-corrected chi connectivity index (χ4v) is 4.68. The molecule has 0 amide bonds. The lowest BCUT2D eigenvalue weighted by molar-refractivity contribution is 0.0487. The van der Waals surface area contributed by atoms with Crippen LogP contribution in [0.2, 0.25) is 0 Å². The van der Waals surface area contributed by atoms with Crippen molar-refractivity contribution in [2.75, 3.05) is 32.7 Å². The smallest absolute Gasteiger partial charge is 0.137 e. The highest BCUT2D eigenvalue weighted by molar-refractivity contribution is 5.42. The Balaban J connectivity index is 1.37. The van der Waals surface area contributed by atoms with Crippen LogP contribution in [0.15, 0.2) is 24.5 Å². The van der Waals surface area contributed by atoms with Crippen molar-refractivity contribution >= 4 is 5.65 Å². The van der Waals surface area contributed by atoms with Crippen molar-refractivity contribution in [2.24, 2.45) is 11.7 Å². The Morgan fingerprint density at radius 2 is 1.96 bits per heavy atom. The lowest BCUT2D eigenvalue weighted by atomic mass is 9.83. The molecule has 0 bridgehead atoms. The summed E-state index contributed by atoms with van der Waals surface area (Å²) in [6, 6.07) is 5.03. The van der Waals surface area contributed by atoms with E-state index < -0.39 is 0 Å². The molecular weight excluding hydrogens is 310 g/mol. The van der Waals surface area contributed by atoms with Crippen LogP contribution in [-0.2, 0) is 6.54 Å². The molecule has 4 rings (SSSR count). The van der Waals surface area contributed by atoms with E-state index in [1.165, 1.54) is 50.0 Å². The van der Waals surface area contributed by atoms with Crippen LogP contribution in [0.3, 0.4) is 0 Å². The normalized spacial score (nSPS) is 26.3. The summed E-state index contributed by atoms with van der Waals surface area (Å²) < 4.78 is 2.23. The topological polar surface area (TPSA) is 49.8 Å². The molecule has 1 aliphatic carbocycles. The molecule has 0 spiro atoms. The van der Waals surface area contributed by atoms with Crippen LogP contribution in [0, 0.1) is 12.8 Å². The van der Waals surface area contributed by atoms with E-state index in [0.29, 0.717) is 5.92 Å². The van der Waals surface area contributed by atoms with E-state index in [1.807, 2.05) is 6.20 Å². The van der Waals surface area contributed by atoms with Crippen molar-refractivity contribution in [1.82, 2.24) is 19.2 Å². The maximum Gasteiger partial charge on any atom is 0.137 e. The number of pyridine rings is 1. The zero-order valence-electron chi connectivity index (χ0n) is 15.4. The van der Waals surface area contributed by atoms with Crippen LogP contribution < -0.4 is 5.73 Å². The lowest BCUT2D eigenvalue weighted by Gasteiger charge is -2.44. The molecule has 2 atom stereocenters. The zero-order chi connectivity index (χ0) is 17.2. The molecule has 5 heteroatoms. The van der Waals surface area contributed by atoms with E-state index in [-0.39, 0.29) is 0 Å². The third-order valence-corrected chi connectivity index (χ3v) is 6.18. The van der Waals surface area contributed by atoms with Crippen molar-refractivity contribution in [1.29, 1.82) is 0 Å². The number of piperazine rings is 1. The average molecular weight is 342 g/mol. The Labute approximate surface area is 150 Å². The summed E-state index contributed by atoms with van der Waals surface area (Å²) in [5, 5.41) is 0. The monoisotopic (exact) mass is 341 g/mol. The van der Waals surface area contributed by atoms with Gasteiger partial charge in [-0.25, -0.2) is 4.98 Å². The van der Waals surface area contributed by atoms with Crippen molar-refractivity contribution in [3.63, 3.8) is 0 Å². The van der Waals surface area contributed by atoms with Crippen LogP contribution in [0.5, 0.6) is 0 Å². The molecular formula is C20H31N5. The van der Waals surface area contributed by atoms with Gasteiger partial charge in [-0.1, -0.05) is 12.8 Å². The summed E-state index contributed by atoms with van der Waals surface area (Å²) in [7, 11) is 0. The van der Waals surface area contributed by atoms with Crippen LogP contribution >= 0.6 is 0 Å². The van der Waals surface area contributed by atoms with Crippen LogP contribution in [0.1, 0.15) is 36.9 Å². The number of fused-ring (bicyclic) bond motifs is 1. The van der Waals surface area contributed by atoms with E-state index in [2.05, 4.69) is 44.4 Å². The van der Waals surface area contributed by atoms with Crippen molar-refractivity contribution < 1.29 is 0 Å². The van der Waals surface area contributed by atoms with Gasteiger partial charge in [-0.15, -0.1) is 0 Å². The molecule has 0 radical (unpaired) electrons. The van der Waals surface area contributed by atoms with Gasteiger partial charge in [-0.2, -0.15) is 0 Å². The third-order valence-electron chi connectivity index (χ3n) is 6.18. The molecule has 2 aliphatic rings. The quantitative estimate of drug-likeness (QED) is 0.927. The van der Waals surface area contributed by atoms with E-state index in [9.17, 15) is 0 Å². The molecule has 0 unspecified atom stereocenters. The SMILES string of the molecule is Cc1ccn2c(CN3CCN([C@@H]4CCCC[C@H]4CN)CC3)cnc2c1. The number of rotatable bonds is 4. The minimum atomic E-state index is 0.710. The molecule has 1 aliphatic heterocycles. The number of hydrogen-bond acceptors (Lipinski definition) is 4. The molecule has 2 fully saturated rings. The Bertz CT molecular complexity index is 701. The minimum Gasteiger partial charge on any atom is -0.330 e. The van der Waals surface area contributed by atoms with E-state index in [1.54, 1.807) is 0 Å². The summed E-state index contributed by atoms with van der Waals surface area (Å²) in [5.41, 5.74) is 9.65. The van der Waals surface area contributed by atoms with Gasteiger partial charge in [0.25, 0.3) is 0 Å². The van der Waals surface area contributed by atoms with Crippen LogP contribution in [0.25, 0.3) is 5.65 Å². The van der Waals surface area contributed by atoms with Gasteiger partial charge in [0, 0.05) is 45.0 Å². The largest absolute Gasteiger partial charge is 0.330 e. The lowest BCUT2D eigenvalue weighted by Crippen LogP contribution is -2.53. The number of nitrogens with two attached hydrogens (primary N) is 1. The number of nitrogens with zero attached hydrogens (tertiary/aromatic N) is 4. The Morgan fingerprint density at radius 1 is 1.16 bits per heavy atom. The number of imidazole rings is 1.